The summed E-state index contributed by atoms with van der Waals surface area (Å²) in [6.07, 6.45) is 3.20. The largest absolute Gasteiger partial charge is 0.394 e. The van der Waals surface area contributed by atoms with Crippen LogP contribution in [0.25, 0.3) is 33.1 Å². The van der Waals surface area contributed by atoms with Crippen LogP contribution in [0.2, 0.25) is 0 Å². The normalized spacial score (nSPS) is 11.4. The van der Waals surface area contributed by atoms with Gasteiger partial charge in [-0.2, -0.15) is 5.10 Å². The molecule has 0 spiro atoms. The van der Waals surface area contributed by atoms with Crippen LogP contribution in [0, 0.1) is 12.7 Å². The third kappa shape index (κ3) is 1.90. The zero-order valence-corrected chi connectivity index (χ0v) is 12.1. The topological polar surface area (TPSA) is 100 Å². The highest BCUT2D eigenvalue weighted by Crippen LogP contribution is 2.35. The van der Waals surface area contributed by atoms with Gasteiger partial charge in [0.05, 0.1) is 17.2 Å². The van der Waals surface area contributed by atoms with E-state index in [0.717, 1.165) is 5.56 Å². The third-order valence-electron chi connectivity index (χ3n) is 3.86. The van der Waals surface area contributed by atoms with Crippen LogP contribution in [-0.2, 0) is 0 Å². The summed E-state index contributed by atoms with van der Waals surface area (Å²) in [6, 6.07) is 4.72. The van der Waals surface area contributed by atoms with Crippen molar-refractivity contribution in [1.82, 2.24) is 20.2 Å². The molecule has 0 saturated carbocycles. The van der Waals surface area contributed by atoms with Gasteiger partial charge in [-0.15, -0.1) is 0 Å². The first kappa shape index (κ1) is 13.4. The lowest BCUT2D eigenvalue weighted by atomic mass is 9.99. The fourth-order valence-electron chi connectivity index (χ4n) is 2.79. The van der Waals surface area contributed by atoms with Gasteiger partial charge in [-0.25, -0.2) is 4.39 Å². The minimum Gasteiger partial charge on any atom is -0.394 e. The Bertz CT molecular complexity index is 1130. The van der Waals surface area contributed by atoms with E-state index in [1.165, 1.54) is 12.3 Å². The number of aryl methyl sites for hydroxylation is 1. The van der Waals surface area contributed by atoms with Crippen LogP contribution in [0.3, 0.4) is 0 Å². The molecule has 3 aromatic heterocycles. The quantitative estimate of drug-likeness (QED) is 0.503. The fraction of sp³-hybridized carbons (Fsp3) is 0.0625. The van der Waals surface area contributed by atoms with Crippen molar-refractivity contribution in [2.75, 3.05) is 5.73 Å². The number of aromatic nitrogens is 4. The standard InChI is InChI=1S/C16H12FN5O/c1-7-4-11-15(19-5-7)12(13(18)16(23)21-11)8-2-3-10(17)14-9(8)6-20-22-14/h2-6H,18H2,1H3,(H,20,22)(H,21,23). The average Bonchev–Trinajstić information content (AvgIpc) is 3.01. The van der Waals surface area contributed by atoms with E-state index in [-0.39, 0.29) is 11.2 Å². The molecule has 0 radical (unpaired) electrons. The van der Waals surface area contributed by atoms with Gasteiger partial charge < -0.3 is 10.7 Å². The zero-order chi connectivity index (χ0) is 16.1. The Hall–Kier alpha value is -3.22. The summed E-state index contributed by atoms with van der Waals surface area (Å²) in [5.41, 5.74) is 9.06. The van der Waals surface area contributed by atoms with Crippen LogP contribution in [0.4, 0.5) is 10.1 Å². The number of hydrogen-bond donors (Lipinski definition) is 3. The number of H-pyrrole nitrogens is 2. The van der Waals surface area contributed by atoms with Crippen molar-refractivity contribution in [3.8, 4) is 11.1 Å². The first-order valence-electron chi connectivity index (χ1n) is 6.96. The molecule has 4 rings (SSSR count). The van der Waals surface area contributed by atoms with Gasteiger partial charge in [-0.3, -0.25) is 14.9 Å². The maximum absolute atomic E-state index is 13.9. The second-order valence-corrected chi connectivity index (χ2v) is 5.41. The lowest BCUT2D eigenvalue weighted by Gasteiger charge is -2.10. The Balaban J connectivity index is 2.20. The summed E-state index contributed by atoms with van der Waals surface area (Å²) < 4.78 is 13.9. The average molecular weight is 309 g/mol. The number of halogens is 1. The lowest BCUT2D eigenvalue weighted by Crippen LogP contribution is -2.14. The number of aromatic amines is 2. The Labute approximate surface area is 129 Å². The van der Waals surface area contributed by atoms with Crippen LogP contribution < -0.4 is 11.3 Å². The maximum Gasteiger partial charge on any atom is 0.272 e. The van der Waals surface area contributed by atoms with Gasteiger partial charge in [0.2, 0.25) is 0 Å². The van der Waals surface area contributed by atoms with Crippen LogP contribution in [0.5, 0.6) is 0 Å². The summed E-state index contributed by atoms with van der Waals surface area (Å²) in [5.74, 6) is -0.419. The molecule has 4 aromatic rings. The number of hydrogen-bond acceptors (Lipinski definition) is 4. The van der Waals surface area contributed by atoms with Gasteiger partial charge >= 0.3 is 0 Å². The molecule has 0 unspecified atom stereocenters. The molecule has 4 N–H and O–H groups in total. The van der Waals surface area contributed by atoms with Gasteiger partial charge in [0.25, 0.3) is 5.56 Å². The highest BCUT2D eigenvalue weighted by atomic mass is 19.1. The number of anilines is 1. The Morgan fingerprint density at radius 2 is 2.09 bits per heavy atom. The highest BCUT2D eigenvalue weighted by Gasteiger charge is 2.17. The molecular formula is C16H12FN5O. The molecule has 7 heteroatoms. The molecule has 1 aromatic carbocycles. The smallest absolute Gasteiger partial charge is 0.272 e. The molecule has 0 bridgehead atoms. The number of rotatable bonds is 1. The number of benzene rings is 1. The molecule has 114 valence electrons. The predicted octanol–water partition coefficient (Wildman–Crippen LogP) is 2.50. The van der Waals surface area contributed by atoms with Crippen molar-refractivity contribution in [3.05, 3.63) is 52.3 Å². The van der Waals surface area contributed by atoms with Gasteiger partial charge in [0, 0.05) is 17.1 Å². The molecule has 0 aliphatic heterocycles. The van der Waals surface area contributed by atoms with Gasteiger partial charge in [-0.05, 0) is 30.2 Å². The van der Waals surface area contributed by atoms with E-state index < -0.39 is 11.4 Å². The van der Waals surface area contributed by atoms with E-state index in [9.17, 15) is 9.18 Å². The molecule has 23 heavy (non-hydrogen) atoms. The summed E-state index contributed by atoms with van der Waals surface area (Å²) in [4.78, 5) is 19.3. The van der Waals surface area contributed by atoms with Gasteiger partial charge in [0.1, 0.15) is 17.0 Å². The zero-order valence-electron chi connectivity index (χ0n) is 12.1. The first-order valence-corrected chi connectivity index (χ1v) is 6.96. The molecule has 0 fully saturated rings. The van der Waals surface area contributed by atoms with E-state index in [0.29, 0.717) is 27.5 Å². The van der Waals surface area contributed by atoms with E-state index in [1.54, 1.807) is 12.3 Å². The lowest BCUT2D eigenvalue weighted by molar-refractivity contribution is 0.636. The number of nitrogens with two attached hydrogens (primary N) is 1. The minimum absolute atomic E-state index is 0.0444. The van der Waals surface area contributed by atoms with Crippen molar-refractivity contribution in [3.63, 3.8) is 0 Å². The van der Waals surface area contributed by atoms with Crippen LogP contribution in [-0.4, -0.2) is 20.2 Å². The summed E-state index contributed by atoms with van der Waals surface area (Å²) in [6.45, 7) is 1.88. The number of pyridine rings is 2. The number of nitrogen functional groups attached to an aromatic ring is 1. The van der Waals surface area contributed by atoms with E-state index in [2.05, 4.69) is 20.2 Å². The van der Waals surface area contributed by atoms with Crippen molar-refractivity contribution < 1.29 is 4.39 Å². The van der Waals surface area contributed by atoms with Crippen molar-refractivity contribution in [2.24, 2.45) is 0 Å². The second-order valence-electron chi connectivity index (χ2n) is 5.41. The summed E-state index contributed by atoms with van der Waals surface area (Å²) in [5, 5.41) is 7.05. The summed E-state index contributed by atoms with van der Waals surface area (Å²) in [7, 11) is 0. The van der Waals surface area contributed by atoms with Gasteiger partial charge in [0.15, 0.2) is 0 Å². The fourth-order valence-corrected chi connectivity index (χ4v) is 2.79. The SMILES string of the molecule is Cc1cnc2c(-c3ccc(F)c4[nH]ncc34)c(N)c(=O)[nH]c2c1. The van der Waals surface area contributed by atoms with E-state index >= 15 is 0 Å². The monoisotopic (exact) mass is 309 g/mol. The molecule has 3 heterocycles. The van der Waals surface area contributed by atoms with Crippen molar-refractivity contribution >= 4 is 27.6 Å². The van der Waals surface area contributed by atoms with Gasteiger partial charge in [-0.1, -0.05) is 6.07 Å². The van der Waals surface area contributed by atoms with Crippen LogP contribution in [0.15, 0.2) is 35.4 Å². The van der Waals surface area contributed by atoms with Crippen molar-refractivity contribution in [1.29, 1.82) is 0 Å². The summed E-state index contributed by atoms with van der Waals surface area (Å²) >= 11 is 0. The Kier molecular flexibility index (Phi) is 2.71. The highest BCUT2D eigenvalue weighted by molar-refractivity contribution is 6.06. The molecule has 6 nitrogen and oxygen atoms in total. The van der Waals surface area contributed by atoms with E-state index in [1.807, 2.05) is 13.0 Å². The minimum atomic E-state index is -0.419. The molecular weight excluding hydrogens is 297 g/mol. The molecule has 0 aliphatic rings. The van der Waals surface area contributed by atoms with Crippen LogP contribution in [0.1, 0.15) is 5.56 Å². The molecule has 0 atom stereocenters. The second kappa shape index (κ2) is 4.64. The molecule has 0 amide bonds. The van der Waals surface area contributed by atoms with Crippen molar-refractivity contribution in [2.45, 2.75) is 6.92 Å². The number of nitrogens with one attached hydrogen (secondary N) is 2. The first-order chi connectivity index (χ1) is 11.1. The molecule has 0 saturated heterocycles. The molecule has 0 aliphatic carbocycles. The van der Waals surface area contributed by atoms with E-state index in [4.69, 9.17) is 5.73 Å². The third-order valence-corrected chi connectivity index (χ3v) is 3.86. The predicted molar refractivity (Wildman–Crippen MR) is 86.6 cm³/mol. The van der Waals surface area contributed by atoms with Crippen LogP contribution >= 0.6 is 0 Å². The Morgan fingerprint density at radius 3 is 2.91 bits per heavy atom. The number of fused-ring (bicyclic) bond motifs is 2. The Morgan fingerprint density at radius 1 is 1.26 bits per heavy atom. The number of nitrogens with zero attached hydrogens (tertiary/aromatic N) is 2. The maximum atomic E-state index is 13.9.